The van der Waals surface area contributed by atoms with Gasteiger partial charge in [0, 0.05) is 37.1 Å². The monoisotopic (exact) mass is 487 g/mol. The molecule has 5 rings (SSSR count). The number of alkyl halides is 3. The van der Waals surface area contributed by atoms with Crippen LogP contribution in [0, 0.1) is 0 Å². The summed E-state index contributed by atoms with van der Waals surface area (Å²) in [5.74, 6) is -0.581. The van der Waals surface area contributed by atoms with Gasteiger partial charge in [0.1, 0.15) is 11.4 Å². The molecule has 2 aliphatic heterocycles. The zero-order chi connectivity index (χ0) is 24.8. The van der Waals surface area contributed by atoms with Gasteiger partial charge in [-0.05, 0) is 30.7 Å². The number of nitrogens with zero attached hydrogens (tertiary/aromatic N) is 5. The number of hydrogen-bond donors (Lipinski definition) is 2. The molecule has 0 bridgehead atoms. The summed E-state index contributed by atoms with van der Waals surface area (Å²) in [5, 5.41) is 7.50. The lowest BCUT2D eigenvalue weighted by Crippen LogP contribution is -2.44. The van der Waals surface area contributed by atoms with E-state index in [-0.39, 0.29) is 17.6 Å². The van der Waals surface area contributed by atoms with Crippen LogP contribution >= 0.6 is 0 Å². The van der Waals surface area contributed by atoms with Crippen molar-refractivity contribution in [3.05, 3.63) is 59.7 Å². The van der Waals surface area contributed by atoms with Gasteiger partial charge in [0.15, 0.2) is 0 Å². The Hall–Kier alpha value is -3.67. The number of aromatic nitrogens is 4. The first-order valence-electron chi connectivity index (χ1n) is 11.2. The quantitative estimate of drug-likeness (QED) is 0.586. The van der Waals surface area contributed by atoms with Crippen molar-refractivity contribution in [1.29, 1.82) is 0 Å². The number of pyridine rings is 2. The largest absolute Gasteiger partial charge is 0.419 e. The van der Waals surface area contributed by atoms with Crippen molar-refractivity contribution in [2.75, 3.05) is 25.4 Å². The lowest BCUT2D eigenvalue weighted by molar-refractivity contribution is -0.137. The third kappa shape index (κ3) is 4.29. The van der Waals surface area contributed by atoms with E-state index in [1.165, 1.54) is 6.20 Å². The minimum absolute atomic E-state index is 0.210. The molecule has 0 saturated carbocycles. The summed E-state index contributed by atoms with van der Waals surface area (Å²) in [5.41, 5.74) is 5.82. The Bertz CT molecular complexity index is 1250. The molecule has 3 N–H and O–H groups in total. The molecule has 3 aromatic rings. The highest BCUT2D eigenvalue weighted by Crippen LogP contribution is 2.41. The van der Waals surface area contributed by atoms with Crippen LogP contribution in [0.25, 0.3) is 11.3 Å². The fourth-order valence-electron chi connectivity index (χ4n) is 4.61. The summed E-state index contributed by atoms with van der Waals surface area (Å²) in [6.45, 7) is 3.49. The van der Waals surface area contributed by atoms with E-state index < -0.39 is 23.2 Å². The second kappa shape index (κ2) is 8.52. The zero-order valence-corrected chi connectivity index (χ0v) is 18.9. The first-order valence-corrected chi connectivity index (χ1v) is 11.2. The Morgan fingerprint density at radius 3 is 2.86 bits per heavy atom. The number of nitrogen functional groups attached to an aromatic ring is 1. The molecule has 1 unspecified atom stereocenters. The number of carbonyl (C=O) groups excluding carboxylic acids is 1. The van der Waals surface area contributed by atoms with E-state index in [0.29, 0.717) is 38.4 Å². The number of amides is 2. The van der Waals surface area contributed by atoms with Crippen molar-refractivity contribution in [3.63, 3.8) is 0 Å². The van der Waals surface area contributed by atoms with Gasteiger partial charge in [-0.2, -0.15) is 18.3 Å². The first-order chi connectivity index (χ1) is 16.7. The summed E-state index contributed by atoms with van der Waals surface area (Å²) in [6, 6.07) is 5.93. The molecule has 2 amide bonds. The van der Waals surface area contributed by atoms with Crippen LogP contribution in [0.3, 0.4) is 0 Å². The molecule has 1 saturated heterocycles. The highest BCUT2D eigenvalue weighted by atomic mass is 19.4. The van der Waals surface area contributed by atoms with Gasteiger partial charge in [-0.3, -0.25) is 9.67 Å². The lowest BCUT2D eigenvalue weighted by atomic mass is 9.96. The van der Waals surface area contributed by atoms with Crippen molar-refractivity contribution in [3.8, 4) is 11.3 Å². The maximum Gasteiger partial charge on any atom is 0.419 e. The van der Waals surface area contributed by atoms with Crippen LogP contribution in [0.1, 0.15) is 36.2 Å². The van der Waals surface area contributed by atoms with Crippen molar-refractivity contribution in [2.24, 2.45) is 0 Å². The number of halogens is 3. The molecule has 35 heavy (non-hydrogen) atoms. The molecular formula is C23H24F3N7O2. The van der Waals surface area contributed by atoms with Gasteiger partial charge < -0.3 is 20.7 Å². The van der Waals surface area contributed by atoms with Crippen LogP contribution in [0.4, 0.5) is 23.8 Å². The molecule has 0 radical (unpaired) electrons. The maximum absolute atomic E-state index is 13.3. The van der Waals surface area contributed by atoms with Crippen molar-refractivity contribution in [1.82, 2.24) is 30.0 Å². The fourth-order valence-corrected chi connectivity index (χ4v) is 4.61. The van der Waals surface area contributed by atoms with Gasteiger partial charge in [0.05, 0.1) is 42.7 Å². The predicted octanol–water partition coefficient (Wildman–Crippen LogP) is 3.34. The molecular weight excluding hydrogens is 463 g/mol. The molecule has 0 aromatic carbocycles. The summed E-state index contributed by atoms with van der Waals surface area (Å²) < 4.78 is 47.8. The SMILES string of the molecule is C[C@@H](NC(=O)N1CCC2(C1)OCCn1nc(-c3cnc(N)c(C(F)(F)F)c3)cc12)c1cccnc1. The Kier molecular flexibility index (Phi) is 5.62. The Morgan fingerprint density at radius 1 is 1.29 bits per heavy atom. The van der Waals surface area contributed by atoms with E-state index in [0.717, 1.165) is 17.3 Å². The Morgan fingerprint density at radius 2 is 2.11 bits per heavy atom. The van der Waals surface area contributed by atoms with E-state index in [9.17, 15) is 18.0 Å². The summed E-state index contributed by atoms with van der Waals surface area (Å²) in [7, 11) is 0. The van der Waals surface area contributed by atoms with E-state index >= 15 is 0 Å². The molecule has 1 spiro atoms. The minimum atomic E-state index is -4.62. The molecule has 2 aliphatic rings. The van der Waals surface area contributed by atoms with E-state index in [4.69, 9.17) is 10.5 Å². The predicted molar refractivity (Wildman–Crippen MR) is 120 cm³/mol. The van der Waals surface area contributed by atoms with Gasteiger partial charge in [-0.25, -0.2) is 9.78 Å². The smallest absolute Gasteiger partial charge is 0.383 e. The van der Waals surface area contributed by atoms with Crippen molar-refractivity contribution >= 4 is 11.8 Å². The number of carbonyl (C=O) groups is 1. The highest BCUT2D eigenvalue weighted by Gasteiger charge is 2.47. The number of likely N-dealkylation sites (tertiary alicyclic amines) is 1. The lowest BCUT2D eigenvalue weighted by Gasteiger charge is -2.34. The molecule has 1 fully saturated rings. The second-order valence-corrected chi connectivity index (χ2v) is 8.76. The normalized spacial score (nSPS) is 20.6. The standard InChI is InChI=1S/C23H24F3N7O2/c1-14(15-3-2-5-28-11-15)30-21(34)32-6-4-22(13-32)19-10-18(31-33(19)7-8-35-22)16-9-17(23(24,25)26)20(27)29-12-16/h2-3,5,9-12,14H,4,6-8,13H2,1H3,(H2,27,29)(H,30,34)/t14-,22?/m1/s1. The molecule has 2 atom stereocenters. The van der Waals surface area contributed by atoms with Gasteiger partial charge >= 0.3 is 12.2 Å². The van der Waals surface area contributed by atoms with Crippen LogP contribution in [0.15, 0.2) is 42.9 Å². The molecule has 12 heteroatoms. The van der Waals surface area contributed by atoms with Crippen LogP contribution in [0.5, 0.6) is 0 Å². The van der Waals surface area contributed by atoms with Crippen molar-refractivity contribution in [2.45, 2.75) is 37.7 Å². The molecule has 0 aliphatic carbocycles. The maximum atomic E-state index is 13.3. The third-order valence-corrected chi connectivity index (χ3v) is 6.49. The number of ether oxygens (including phenoxy) is 1. The van der Waals surface area contributed by atoms with Gasteiger partial charge in [-0.1, -0.05) is 6.07 Å². The number of fused-ring (bicyclic) bond motifs is 2. The number of anilines is 1. The van der Waals surface area contributed by atoms with Crippen molar-refractivity contribution < 1.29 is 22.7 Å². The summed E-state index contributed by atoms with van der Waals surface area (Å²) >= 11 is 0. The number of nitrogens with one attached hydrogen (secondary N) is 1. The fraction of sp³-hybridized carbons (Fsp3) is 0.391. The van der Waals surface area contributed by atoms with E-state index in [2.05, 4.69) is 20.4 Å². The number of hydrogen-bond acceptors (Lipinski definition) is 6. The van der Waals surface area contributed by atoms with Gasteiger partial charge in [-0.15, -0.1) is 0 Å². The van der Waals surface area contributed by atoms with Crippen LogP contribution in [0.2, 0.25) is 0 Å². The van der Waals surface area contributed by atoms with Crippen LogP contribution in [-0.4, -0.2) is 50.4 Å². The number of nitrogens with two attached hydrogens (primary N) is 1. The first kappa shape index (κ1) is 23.1. The van der Waals surface area contributed by atoms with E-state index in [1.807, 2.05) is 19.1 Å². The second-order valence-electron chi connectivity index (χ2n) is 8.76. The summed E-state index contributed by atoms with van der Waals surface area (Å²) in [6.07, 6.45) is 0.575. The Labute approximate surface area is 199 Å². The minimum Gasteiger partial charge on any atom is -0.383 e. The molecule has 9 nitrogen and oxygen atoms in total. The Balaban J connectivity index is 1.37. The van der Waals surface area contributed by atoms with Crippen LogP contribution < -0.4 is 11.1 Å². The van der Waals surface area contributed by atoms with Gasteiger partial charge in [0.2, 0.25) is 0 Å². The molecule has 184 valence electrons. The number of urea groups is 1. The van der Waals surface area contributed by atoms with Gasteiger partial charge in [0.25, 0.3) is 0 Å². The number of rotatable bonds is 3. The zero-order valence-electron chi connectivity index (χ0n) is 18.9. The van der Waals surface area contributed by atoms with Crippen LogP contribution in [-0.2, 0) is 23.1 Å². The molecule has 5 heterocycles. The molecule has 3 aromatic heterocycles. The topological polar surface area (TPSA) is 111 Å². The average molecular weight is 487 g/mol. The third-order valence-electron chi connectivity index (χ3n) is 6.49. The highest BCUT2D eigenvalue weighted by molar-refractivity contribution is 5.75. The summed E-state index contributed by atoms with van der Waals surface area (Å²) in [4.78, 5) is 22.4. The average Bonchev–Trinajstić information content (AvgIpc) is 3.46. The van der Waals surface area contributed by atoms with E-state index in [1.54, 1.807) is 28.0 Å².